The molecule has 1 fully saturated rings. The zero-order chi connectivity index (χ0) is 19.5. The molecule has 6 nitrogen and oxygen atoms in total. The lowest BCUT2D eigenvalue weighted by atomic mass is 10.1. The van der Waals surface area contributed by atoms with Gasteiger partial charge in [0.25, 0.3) is 0 Å². The van der Waals surface area contributed by atoms with Gasteiger partial charge in [-0.1, -0.05) is 11.6 Å². The van der Waals surface area contributed by atoms with Gasteiger partial charge in [-0.05, 0) is 19.9 Å². The molecule has 1 atom stereocenters. The van der Waals surface area contributed by atoms with Crippen LogP contribution in [0.3, 0.4) is 0 Å². The second-order valence-electron chi connectivity index (χ2n) is 5.93. The van der Waals surface area contributed by atoms with E-state index in [1.54, 1.807) is 13.8 Å². The lowest BCUT2D eigenvalue weighted by Crippen LogP contribution is -2.28. The number of aromatic nitrogens is 1. The third kappa shape index (κ3) is 4.72. The number of ether oxygens (including phenoxy) is 2. The van der Waals surface area contributed by atoms with Crippen LogP contribution in [0, 0.1) is 16.7 Å². The molecule has 1 saturated heterocycles. The molecule has 1 aromatic rings. The first-order valence-electron chi connectivity index (χ1n) is 7.51. The summed E-state index contributed by atoms with van der Waals surface area (Å²) in [5.41, 5.74) is -2.05. The molecule has 2 N–H and O–H groups in total. The topological polar surface area (TPSA) is 91.0 Å². The summed E-state index contributed by atoms with van der Waals surface area (Å²) in [6.07, 6.45) is -2.83. The fourth-order valence-electron chi connectivity index (χ4n) is 2.35. The minimum Gasteiger partial charge on any atom is -0.388 e. The van der Waals surface area contributed by atoms with Gasteiger partial charge in [-0.25, -0.2) is 4.98 Å². The molecule has 2 rings (SSSR count). The van der Waals surface area contributed by atoms with Gasteiger partial charge in [-0.3, -0.25) is 0 Å². The van der Waals surface area contributed by atoms with Crippen molar-refractivity contribution in [1.82, 2.24) is 10.3 Å². The van der Waals surface area contributed by atoms with Crippen LogP contribution in [-0.4, -0.2) is 36.2 Å². The Kier molecular flexibility index (Phi) is 5.91. The second-order valence-corrected chi connectivity index (χ2v) is 6.29. The highest BCUT2D eigenvalue weighted by Crippen LogP contribution is 2.35. The van der Waals surface area contributed by atoms with Gasteiger partial charge in [0.1, 0.15) is 22.9 Å². The van der Waals surface area contributed by atoms with Crippen molar-refractivity contribution in [2.24, 2.45) is 0 Å². The fourth-order valence-corrected chi connectivity index (χ4v) is 2.58. The molecular weight excluding hydrogens is 373 g/mol. The highest BCUT2D eigenvalue weighted by molar-refractivity contribution is 6.30. The van der Waals surface area contributed by atoms with Crippen molar-refractivity contribution < 1.29 is 22.6 Å². The normalized spacial score (nSPS) is 19.9. The number of hydrogen-bond acceptors (Lipinski definition) is 6. The standard InChI is InChI=1S/C16H16ClF3N4O2/c1-15(2)25-8-10(26-15)7-23-6-9(4-21)13-3-12(16(18,19)20)11(5-22)14(17)24-13/h3-4,6,10,21,23H,7-8H2,1-2H3/b9-6+,21-4?. The lowest BCUT2D eigenvalue weighted by Gasteiger charge is -2.17. The molecule has 10 heteroatoms. The molecular formula is C16H16ClF3N4O2. The number of nitrogens with zero attached hydrogens (tertiary/aromatic N) is 2. The Balaban J connectivity index is 2.23. The van der Waals surface area contributed by atoms with Crippen molar-refractivity contribution in [3.63, 3.8) is 0 Å². The first-order valence-corrected chi connectivity index (χ1v) is 7.89. The fraction of sp³-hybridized carbons (Fsp3) is 0.438. The van der Waals surface area contributed by atoms with Crippen molar-refractivity contribution in [1.29, 1.82) is 10.7 Å². The monoisotopic (exact) mass is 388 g/mol. The molecule has 0 aromatic carbocycles. The summed E-state index contributed by atoms with van der Waals surface area (Å²) in [7, 11) is 0. The van der Waals surface area contributed by atoms with Crippen LogP contribution < -0.4 is 5.32 Å². The maximum absolute atomic E-state index is 13.1. The molecule has 0 aliphatic carbocycles. The highest BCUT2D eigenvalue weighted by Gasteiger charge is 2.36. The van der Waals surface area contributed by atoms with E-state index in [0.29, 0.717) is 19.2 Å². The van der Waals surface area contributed by atoms with E-state index in [-0.39, 0.29) is 17.4 Å². The largest absolute Gasteiger partial charge is 0.417 e. The summed E-state index contributed by atoms with van der Waals surface area (Å²) in [6.45, 7) is 4.24. The predicted molar refractivity (Wildman–Crippen MR) is 88.6 cm³/mol. The molecule has 1 aromatic heterocycles. The molecule has 1 aliphatic rings. The Morgan fingerprint density at radius 2 is 2.27 bits per heavy atom. The first-order chi connectivity index (χ1) is 12.1. The zero-order valence-corrected chi connectivity index (χ0v) is 14.7. The first kappa shape index (κ1) is 20.2. The summed E-state index contributed by atoms with van der Waals surface area (Å²) in [5.74, 6) is -0.690. The van der Waals surface area contributed by atoms with Gasteiger partial charge in [0, 0.05) is 24.5 Å². The maximum atomic E-state index is 13.1. The van der Waals surface area contributed by atoms with Gasteiger partial charge >= 0.3 is 6.18 Å². The van der Waals surface area contributed by atoms with Crippen LogP contribution >= 0.6 is 11.6 Å². The van der Waals surface area contributed by atoms with Crippen LogP contribution in [-0.2, 0) is 15.7 Å². The van der Waals surface area contributed by atoms with E-state index < -0.39 is 28.2 Å². The van der Waals surface area contributed by atoms with Crippen molar-refractivity contribution >= 4 is 23.4 Å². The highest BCUT2D eigenvalue weighted by atomic mass is 35.5. The SMILES string of the molecule is CC1(C)OCC(CN/C=C(\C=N)c2cc(C(F)(F)F)c(C#N)c(Cl)n2)O1. The summed E-state index contributed by atoms with van der Waals surface area (Å²) in [4.78, 5) is 3.79. The smallest absolute Gasteiger partial charge is 0.388 e. The second kappa shape index (κ2) is 7.61. The Bertz CT molecular complexity index is 772. The van der Waals surface area contributed by atoms with Crippen molar-refractivity contribution in [3.8, 4) is 6.07 Å². The van der Waals surface area contributed by atoms with Gasteiger partial charge in [-0.15, -0.1) is 0 Å². The molecule has 2 heterocycles. The van der Waals surface area contributed by atoms with E-state index >= 15 is 0 Å². The van der Waals surface area contributed by atoms with E-state index in [1.807, 2.05) is 0 Å². The van der Waals surface area contributed by atoms with Gasteiger partial charge in [0.15, 0.2) is 5.79 Å². The minimum atomic E-state index is -4.77. The van der Waals surface area contributed by atoms with Crippen LogP contribution in [0.4, 0.5) is 13.2 Å². The van der Waals surface area contributed by atoms with Crippen molar-refractivity contribution in [2.45, 2.75) is 31.9 Å². The molecule has 26 heavy (non-hydrogen) atoms. The number of nitriles is 1. The zero-order valence-electron chi connectivity index (χ0n) is 13.9. The summed E-state index contributed by atoms with van der Waals surface area (Å²) in [6, 6.07) is 2.10. The third-order valence-corrected chi connectivity index (χ3v) is 3.79. The van der Waals surface area contributed by atoms with E-state index in [4.69, 9.17) is 31.7 Å². The Hall–Kier alpha value is -2.15. The average molecular weight is 389 g/mol. The van der Waals surface area contributed by atoms with Crippen molar-refractivity contribution in [3.05, 3.63) is 34.2 Å². The Morgan fingerprint density at radius 3 is 2.77 bits per heavy atom. The molecule has 0 spiro atoms. The van der Waals surface area contributed by atoms with Crippen LogP contribution in [0.1, 0.15) is 30.7 Å². The van der Waals surface area contributed by atoms with E-state index in [2.05, 4.69) is 10.3 Å². The van der Waals surface area contributed by atoms with Crippen LogP contribution in [0.2, 0.25) is 5.15 Å². The summed E-state index contributed by atoms with van der Waals surface area (Å²) in [5, 5.41) is 18.6. The van der Waals surface area contributed by atoms with Crippen molar-refractivity contribution in [2.75, 3.05) is 13.2 Å². The summed E-state index contributed by atoms with van der Waals surface area (Å²) < 4.78 is 50.4. The number of nitrogens with one attached hydrogen (secondary N) is 2. The number of hydrogen-bond donors (Lipinski definition) is 2. The maximum Gasteiger partial charge on any atom is 0.417 e. The average Bonchev–Trinajstić information content (AvgIpc) is 2.89. The predicted octanol–water partition coefficient (Wildman–Crippen LogP) is 3.36. The van der Waals surface area contributed by atoms with Crippen LogP contribution in [0.25, 0.3) is 5.57 Å². The molecule has 0 radical (unpaired) electrons. The van der Waals surface area contributed by atoms with E-state index in [0.717, 1.165) is 6.21 Å². The number of halogens is 4. The van der Waals surface area contributed by atoms with Gasteiger partial charge in [0.2, 0.25) is 0 Å². The molecule has 1 unspecified atom stereocenters. The lowest BCUT2D eigenvalue weighted by molar-refractivity contribution is -0.138. The quantitative estimate of drug-likeness (QED) is 0.596. The Morgan fingerprint density at radius 1 is 1.58 bits per heavy atom. The van der Waals surface area contributed by atoms with Gasteiger partial charge < -0.3 is 20.2 Å². The van der Waals surface area contributed by atoms with Crippen LogP contribution in [0.5, 0.6) is 0 Å². The van der Waals surface area contributed by atoms with Crippen LogP contribution in [0.15, 0.2) is 12.3 Å². The number of rotatable bonds is 5. The Labute approximate surface area is 153 Å². The summed E-state index contributed by atoms with van der Waals surface area (Å²) >= 11 is 5.72. The molecule has 0 amide bonds. The van der Waals surface area contributed by atoms with Gasteiger partial charge in [-0.2, -0.15) is 18.4 Å². The van der Waals surface area contributed by atoms with E-state index in [9.17, 15) is 13.2 Å². The minimum absolute atomic E-state index is 0.0695. The molecule has 140 valence electrons. The molecule has 0 bridgehead atoms. The molecule has 1 aliphatic heterocycles. The third-order valence-electron chi connectivity index (χ3n) is 3.51. The van der Waals surface area contributed by atoms with Gasteiger partial charge in [0.05, 0.1) is 17.9 Å². The number of alkyl halides is 3. The molecule has 0 saturated carbocycles. The van der Waals surface area contributed by atoms with E-state index in [1.165, 1.54) is 12.3 Å². The number of allylic oxidation sites excluding steroid dienone is 1. The number of pyridine rings is 1.